The summed E-state index contributed by atoms with van der Waals surface area (Å²) in [5.74, 6) is 0.0531. The fourth-order valence-electron chi connectivity index (χ4n) is 1.31. The van der Waals surface area contributed by atoms with Crippen molar-refractivity contribution in [1.82, 2.24) is 20.0 Å². The monoisotopic (exact) mass is 296 g/mol. The number of nitrogens with zero attached hydrogens (tertiary/aromatic N) is 4. The third-order valence-corrected chi connectivity index (χ3v) is 2.15. The van der Waals surface area contributed by atoms with Crippen LogP contribution in [0.3, 0.4) is 0 Å². The minimum absolute atomic E-state index is 0. The molecule has 2 heterocycles. The van der Waals surface area contributed by atoms with Crippen molar-refractivity contribution in [1.29, 1.82) is 0 Å². The van der Waals surface area contributed by atoms with Gasteiger partial charge < -0.3 is 17.7 Å². The average molecular weight is 296 g/mol. The smallest absolute Gasteiger partial charge is 0.486 e. The number of rotatable bonds is 4. The number of hydrogen-bond acceptors (Lipinski definition) is 4. The van der Waals surface area contributed by atoms with Gasteiger partial charge in [0.15, 0.2) is 0 Å². The summed E-state index contributed by atoms with van der Waals surface area (Å²) >= 11 is 0. The fraction of sp³-hybridized carbons (Fsp3) is 0.222. The van der Waals surface area contributed by atoms with E-state index in [1.807, 2.05) is 0 Å². The Morgan fingerprint density at radius 1 is 1.32 bits per heavy atom. The van der Waals surface area contributed by atoms with E-state index in [4.69, 9.17) is 4.74 Å². The number of aromatic nitrogens is 4. The van der Waals surface area contributed by atoms with Crippen LogP contribution >= 0.6 is 0 Å². The summed E-state index contributed by atoms with van der Waals surface area (Å²) in [7, 11) is 1.69. The summed E-state index contributed by atoms with van der Waals surface area (Å²) in [4.78, 5) is 3.50. The summed E-state index contributed by atoms with van der Waals surface area (Å²) in [6.45, 7) is -5.02. The maximum absolute atomic E-state index is 12.5. The van der Waals surface area contributed by atoms with Crippen molar-refractivity contribution in [3.05, 3.63) is 30.4 Å². The second-order valence-electron chi connectivity index (χ2n) is 3.70. The van der Waals surface area contributed by atoms with Gasteiger partial charge >= 0.3 is 58.4 Å². The van der Waals surface area contributed by atoms with E-state index in [2.05, 4.69) is 15.3 Å². The van der Waals surface area contributed by atoms with Gasteiger partial charge in [0.1, 0.15) is 18.1 Å². The normalized spacial score (nSPS) is 10.9. The van der Waals surface area contributed by atoms with Crippen LogP contribution in [0.1, 0.15) is 5.69 Å². The van der Waals surface area contributed by atoms with Crippen LogP contribution in [0, 0.1) is 0 Å². The Kier molecular flexibility index (Phi) is 5.99. The third-order valence-electron chi connectivity index (χ3n) is 2.15. The van der Waals surface area contributed by atoms with Gasteiger partial charge in [0.05, 0.1) is 12.4 Å². The van der Waals surface area contributed by atoms with Crippen molar-refractivity contribution in [2.45, 2.75) is 6.61 Å². The van der Waals surface area contributed by atoms with E-state index in [0.717, 1.165) is 12.3 Å². The maximum atomic E-state index is 12.5. The predicted molar refractivity (Wildman–Crippen MR) is 58.3 cm³/mol. The Morgan fingerprint density at radius 3 is 2.63 bits per heavy atom. The largest absolute Gasteiger partial charge is 1.00 e. The second kappa shape index (κ2) is 6.84. The molecular formula is C9H9BF3KN4O. The topological polar surface area (TPSA) is 52.8 Å². The van der Waals surface area contributed by atoms with E-state index in [9.17, 15) is 12.9 Å². The molecule has 0 bridgehead atoms. The zero-order valence-corrected chi connectivity index (χ0v) is 13.5. The first-order chi connectivity index (χ1) is 8.45. The van der Waals surface area contributed by atoms with Crippen molar-refractivity contribution in [2.24, 2.45) is 7.05 Å². The Hall–Kier alpha value is -0.419. The van der Waals surface area contributed by atoms with Crippen LogP contribution in [-0.4, -0.2) is 27.0 Å². The van der Waals surface area contributed by atoms with Crippen LogP contribution in [0.5, 0.6) is 5.75 Å². The summed E-state index contributed by atoms with van der Waals surface area (Å²) in [6, 6.07) is 0.920. The second-order valence-corrected chi connectivity index (χ2v) is 3.70. The zero-order chi connectivity index (χ0) is 13.2. The summed E-state index contributed by atoms with van der Waals surface area (Å²) in [6.07, 6.45) is 3.61. The fourth-order valence-corrected chi connectivity index (χ4v) is 1.31. The number of aryl methyl sites for hydroxylation is 1. The van der Waals surface area contributed by atoms with Crippen LogP contribution in [0.2, 0.25) is 0 Å². The van der Waals surface area contributed by atoms with Gasteiger partial charge in [0.25, 0.3) is 0 Å². The molecule has 0 amide bonds. The number of hydrogen-bond donors (Lipinski definition) is 0. The Morgan fingerprint density at radius 2 is 2.05 bits per heavy atom. The Bertz CT molecular complexity index is 548. The number of halogens is 3. The Balaban J connectivity index is 0.00000180. The molecule has 0 aliphatic carbocycles. The molecule has 2 aromatic rings. The molecule has 0 atom stereocenters. The molecule has 0 saturated heterocycles. The van der Waals surface area contributed by atoms with Crippen LogP contribution in [0.4, 0.5) is 12.9 Å². The van der Waals surface area contributed by atoms with E-state index >= 15 is 0 Å². The van der Waals surface area contributed by atoms with Gasteiger partial charge in [-0.25, -0.2) is 0 Å². The first-order valence-corrected chi connectivity index (χ1v) is 5.08. The molecule has 2 aromatic heterocycles. The number of pyridine rings is 1. The van der Waals surface area contributed by atoms with Crippen molar-refractivity contribution < 1.29 is 69.1 Å². The van der Waals surface area contributed by atoms with Crippen LogP contribution in [-0.2, 0) is 13.7 Å². The van der Waals surface area contributed by atoms with Gasteiger partial charge in [0, 0.05) is 13.2 Å². The van der Waals surface area contributed by atoms with Gasteiger partial charge in [0.2, 0.25) is 0 Å². The van der Waals surface area contributed by atoms with E-state index in [1.54, 1.807) is 13.2 Å². The predicted octanol–water partition coefficient (Wildman–Crippen LogP) is -2.15. The SMILES string of the molecule is Cn1cc(COc2cncc([B-](F)(F)F)c2)nn1.[K+]. The molecule has 0 fully saturated rings. The summed E-state index contributed by atoms with van der Waals surface area (Å²) in [5.41, 5.74) is -0.257. The standard InChI is InChI=1S/C9H9BF3N4O.K/c1-17-5-8(15-16-17)6-18-9-2-7(3-14-4-9)10(11,12)13;/h2-5H,6H2,1H3;/q-1;+1. The van der Waals surface area contributed by atoms with Gasteiger partial charge in [-0.15, -0.1) is 5.10 Å². The molecule has 0 N–H and O–H groups in total. The zero-order valence-electron chi connectivity index (χ0n) is 10.4. The molecule has 0 unspecified atom stereocenters. The first-order valence-electron chi connectivity index (χ1n) is 5.08. The third kappa shape index (κ3) is 4.88. The molecule has 19 heavy (non-hydrogen) atoms. The number of ether oxygens (including phenoxy) is 1. The average Bonchev–Trinajstić information content (AvgIpc) is 2.72. The quantitative estimate of drug-likeness (QED) is 0.604. The van der Waals surface area contributed by atoms with E-state index < -0.39 is 12.4 Å². The van der Waals surface area contributed by atoms with E-state index in [1.165, 1.54) is 10.9 Å². The minimum atomic E-state index is -5.07. The van der Waals surface area contributed by atoms with Gasteiger partial charge in [-0.3, -0.25) is 9.67 Å². The Labute approximate surface area is 150 Å². The van der Waals surface area contributed by atoms with Crippen molar-refractivity contribution >= 4 is 12.4 Å². The molecule has 0 radical (unpaired) electrons. The van der Waals surface area contributed by atoms with Crippen LogP contribution in [0.25, 0.3) is 0 Å². The first kappa shape index (κ1) is 16.6. The van der Waals surface area contributed by atoms with Crippen molar-refractivity contribution in [3.8, 4) is 5.75 Å². The molecule has 0 aliphatic heterocycles. The molecule has 5 nitrogen and oxygen atoms in total. The van der Waals surface area contributed by atoms with E-state index in [0.29, 0.717) is 5.69 Å². The van der Waals surface area contributed by atoms with Crippen molar-refractivity contribution in [3.63, 3.8) is 0 Å². The molecule has 0 saturated carbocycles. The van der Waals surface area contributed by atoms with Crippen LogP contribution in [0.15, 0.2) is 24.7 Å². The van der Waals surface area contributed by atoms with Crippen molar-refractivity contribution in [2.75, 3.05) is 0 Å². The van der Waals surface area contributed by atoms with Gasteiger partial charge in [-0.2, -0.15) is 0 Å². The minimum Gasteiger partial charge on any atom is -0.486 e. The molecule has 96 valence electrons. The molecule has 10 heteroatoms. The molecule has 0 spiro atoms. The molecular weight excluding hydrogens is 287 g/mol. The van der Waals surface area contributed by atoms with E-state index in [-0.39, 0.29) is 63.7 Å². The van der Waals surface area contributed by atoms with Gasteiger partial charge in [-0.05, 0) is 6.07 Å². The molecule has 0 aliphatic rings. The maximum Gasteiger partial charge on any atom is 1.00 e. The van der Waals surface area contributed by atoms with Gasteiger partial charge in [-0.1, -0.05) is 10.7 Å². The molecule has 0 aromatic carbocycles. The van der Waals surface area contributed by atoms with Crippen LogP contribution < -0.4 is 61.6 Å². The summed E-state index contributed by atoms with van der Waals surface area (Å²) < 4.78 is 44.1. The molecule has 2 rings (SSSR count). The summed E-state index contributed by atoms with van der Waals surface area (Å²) in [5, 5.41) is 7.43.